The standard InChI is InChI=1S/C21H30N4OS.HI/c1-4-22-21(24-13-19-16(3)25-14-27-19)23-12-18-6-5-11-26-20(18)17-9-7-15(2)8-10-17;/h7-10,14,18,20H,4-6,11-13H2,1-3H3,(H2,22,23,24);1H. The average molecular weight is 514 g/mol. The third kappa shape index (κ3) is 6.42. The van der Waals surface area contributed by atoms with Crippen molar-refractivity contribution in [3.05, 3.63) is 51.5 Å². The number of benzene rings is 1. The lowest BCUT2D eigenvalue weighted by atomic mass is 9.89. The predicted molar refractivity (Wildman–Crippen MR) is 128 cm³/mol. The Morgan fingerprint density at radius 3 is 2.71 bits per heavy atom. The summed E-state index contributed by atoms with van der Waals surface area (Å²) in [5.41, 5.74) is 5.50. The smallest absolute Gasteiger partial charge is 0.191 e. The minimum absolute atomic E-state index is 0. The van der Waals surface area contributed by atoms with Crippen LogP contribution in [0.3, 0.4) is 0 Å². The molecular weight excluding hydrogens is 483 g/mol. The van der Waals surface area contributed by atoms with Crippen molar-refractivity contribution in [2.24, 2.45) is 10.9 Å². The Hall–Kier alpha value is -1.19. The van der Waals surface area contributed by atoms with Crippen LogP contribution in [0.2, 0.25) is 0 Å². The van der Waals surface area contributed by atoms with Crippen molar-refractivity contribution in [1.29, 1.82) is 0 Å². The molecule has 0 saturated carbocycles. The molecule has 7 heteroatoms. The maximum absolute atomic E-state index is 6.14. The van der Waals surface area contributed by atoms with E-state index in [0.717, 1.165) is 37.8 Å². The molecule has 0 radical (unpaired) electrons. The third-order valence-electron chi connectivity index (χ3n) is 4.95. The molecule has 5 nitrogen and oxygen atoms in total. The summed E-state index contributed by atoms with van der Waals surface area (Å²) >= 11 is 1.66. The molecule has 1 fully saturated rings. The van der Waals surface area contributed by atoms with Crippen LogP contribution in [0.15, 0.2) is 34.8 Å². The summed E-state index contributed by atoms with van der Waals surface area (Å²) in [4.78, 5) is 10.2. The summed E-state index contributed by atoms with van der Waals surface area (Å²) in [5.74, 6) is 1.30. The number of hydrogen-bond donors (Lipinski definition) is 2. The molecule has 1 aliphatic heterocycles. The van der Waals surface area contributed by atoms with Gasteiger partial charge in [0.25, 0.3) is 0 Å². The van der Waals surface area contributed by atoms with E-state index in [2.05, 4.69) is 53.7 Å². The van der Waals surface area contributed by atoms with Crippen LogP contribution in [0.1, 0.15) is 47.6 Å². The van der Waals surface area contributed by atoms with Gasteiger partial charge in [-0.3, -0.25) is 0 Å². The zero-order valence-corrected chi connectivity index (χ0v) is 20.1. The highest BCUT2D eigenvalue weighted by atomic mass is 127. The second-order valence-electron chi connectivity index (χ2n) is 7.04. The number of guanidine groups is 1. The van der Waals surface area contributed by atoms with Crippen molar-refractivity contribution in [3.8, 4) is 0 Å². The summed E-state index contributed by atoms with van der Waals surface area (Å²) in [6.45, 7) is 9.44. The van der Waals surface area contributed by atoms with E-state index in [0.29, 0.717) is 12.5 Å². The number of hydrogen-bond acceptors (Lipinski definition) is 4. The van der Waals surface area contributed by atoms with E-state index in [9.17, 15) is 0 Å². The fraction of sp³-hybridized carbons (Fsp3) is 0.524. The third-order valence-corrected chi connectivity index (χ3v) is 5.87. The minimum atomic E-state index is 0. The number of halogens is 1. The monoisotopic (exact) mass is 514 g/mol. The van der Waals surface area contributed by atoms with Crippen LogP contribution in [-0.4, -0.2) is 30.6 Å². The summed E-state index contributed by atoms with van der Waals surface area (Å²) in [6.07, 6.45) is 2.43. The van der Waals surface area contributed by atoms with Gasteiger partial charge in [0, 0.05) is 30.5 Å². The molecular formula is C21H31IN4OS. The Morgan fingerprint density at radius 2 is 2.04 bits per heavy atom. The summed E-state index contributed by atoms with van der Waals surface area (Å²) < 4.78 is 6.14. The first-order chi connectivity index (χ1) is 13.2. The average Bonchev–Trinajstić information content (AvgIpc) is 3.10. The van der Waals surface area contributed by atoms with E-state index < -0.39 is 0 Å². The molecule has 2 unspecified atom stereocenters. The lowest BCUT2D eigenvalue weighted by Crippen LogP contribution is -2.42. The molecule has 2 heterocycles. The number of aromatic nitrogens is 1. The maximum atomic E-state index is 6.14. The second kappa shape index (κ2) is 11.7. The summed E-state index contributed by atoms with van der Waals surface area (Å²) in [7, 11) is 0. The number of thiazole rings is 1. The quantitative estimate of drug-likeness (QED) is 0.336. The van der Waals surface area contributed by atoms with Gasteiger partial charge in [-0.25, -0.2) is 9.98 Å². The lowest BCUT2D eigenvalue weighted by Gasteiger charge is -2.32. The highest BCUT2D eigenvalue weighted by molar-refractivity contribution is 14.0. The fourth-order valence-electron chi connectivity index (χ4n) is 3.38. The zero-order valence-electron chi connectivity index (χ0n) is 16.9. The topological polar surface area (TPSA) is 58.5 Å². The first kappa shape index (κ1) is 23.1. The largest absolute Gasteiger partial charge is 0.373 e. The minimum Gasteiger partial charge on any atom is -0.373 e. The normalized spacial score (nSPS) is 19.8. The van der Waals surface area contributed by atoms with E-state index in [1.807, 2.05) is 12.4 Å². The van der Waals surface area contributed by atoms with Gasteiger partial charge in [0.2, 0.25) is 0 Å². The number of ether oxygens (including phenoxy) is 1. The van der Waals surface area contributed by atoms with Crippen molar-refractivity contribution in [2.45, 2.75) is 46.3 Å². The molecule has 3 rings (SSSR count). The van der Waals surface area contributed by atoms with Crippen molar-refractivity contribution in [3.63, 3.8) is 0 Å². The van der Waals surface area contributed by atoms with E-state index >= 15 is 0 Å². The highest BCUT2D eigenvalue weighted by Crippen LogP contribution is 2.33. The first-order valence-corrected chi connectivity index (χ1v) is 10.6. The van der Waals surface area contributed by atoms with Gasteiger partial charge in [0.05, 0.1) is 23.9 Å². The molecule has 2 atom stereocenters. The molecule has 1 aromatic carbocycles. The number of rotatable bonds is 6. The molecule has 1 saturated heterocycles. The molecule has 1 aromatic heterocycles. The SMILES string of the molecule is CCNC(=NCc1scnc1C)NCC1CCCOC1c1ccc(C)cc1.I. The molecule has 28 heavy (non-hydrogen) atoms. The Labute approximate surface area is 189 Å². The van der Waals surface area contributed by atoms with E-state index in [4.69, 9.17) is 9.73 Å². The summed E-state index contributed by atoms with van der Waals surface area (Å²) in [5, 5.41) is 6.87. The van der Waals surface area contributed by atoms with Crippen LogP contribution >= 0.6 is 35.3 Å². The van der Waals surface area contributed by atoms with E-state index in [-0.39, 0.29) is 30.1 Å². The molecule has 2 N–H and O–H groups in total. The van der Waals surface area contributed by atoms with Gasteiger partial charge in [0.15, 0.2) is 5.96 Å². The number of aliphatic imine (C=N–C) groups is 1. The van der Waals surface area contributed by atoms with Crippen LogP contribution < -0.4 is 10.6 Å². The Bertz CT molecular complexity index is 747. The van der Waals surface area contributed by atoms with Crippen LogP contribution in [0.5, 0.6) is 0 Å². The number of aryl methyl sites for hydroxylation is 2. The predicted octanol–water partition coefficient (Wildman–Crippen LogP) is 4.60. The Balaban J connectivity index is 0.00000280. The van der Waals surface area contributed by atoms with Crippen molar-refractivity contribution >= 4 is 41.3 Å². The first-order valence-electron chi connectivity index (χ1n) is 9.76. The molecule has 0 spiro atoms. The van der Waals surface area contributed by atoms with Crippen LogP contribution in [0.4, 0.5) is 0 Å². The van der Waals surface area contributed by atoms with Crippen LogP contribution in [-0.2, 0) is 11.3 Å². The molecule has 0 amide bonds. The van der Waals surface area contributed by atoms with Gasteiger partial charge >= 0.3 is 0 Å². The number of nitrogens with one attached hydrogen (secondary N) is 2. The van der Waals surface area contributed by atoms with Gasteiger partial charge in [-0.1, -0.05) is 29.8 Å². The molecule has 1 aliphatic rings. The van der Waals surface area contributed by atoms with Gasteiger partial charge in [0.1, 0.15) is 0 Å². The van der Waals surface area contributed by atoms with Gasteiger partial charge < -0.3 is 15.4 Å². The fourth-order valence-corrected chi connectivity index (χ4v) is 4.08. The molecule has 0 aliphatic carbocycles. The van der Waals surface area contributed by atoms with E-state index in [1.54, 1.807) is 11.3 Å². The van der Waals surface area contributed by atoms with Crippen molar-refractivity contribution in [2.75, 3.05) is 19.7 Å². The van der Waals surface area contributed by atoms with E-state index in [1.165, 1.54) is 22.4 Å². The van der Waals surface area contributed by atoms with Crippen molar-refractivity contribution < 1.29 is 4.74 Å². The van der Waals surface area contributed by atoms with Crippen LogP contribution in [0, 0.1) is 19.8 Å². The highest BCUT2D eigenvalue weighted by Gasteiger charge is 2.27. The second-order valence-corrected chi connectivity index (χ2v) is 7.98. The van der Waals surface area contributed by atoms with Crippen LogP contribution in [0.25, 0.3) is 0 Å². The summed E-state index contributed by atoms with van der Waals surface area (Å²) in [6, 6.07) is 8.73. The number of nitrogens with zero attached hydrogens (tertiary/aromatic N) is 2. The van der Waals surface area contributed by atoms with Gasteiger partial charge in [-0.05, 0) is 39.2 Å². The van der Waals surface area contributed by atoms with Gasteiger partial charge in [-0.2, -0.15) is 0 Å². The maximum Gasteiger partial charge on any atom is 0.191 e. The molecule has 2 aromatic rings. The van der Waals surface area contributed by atoms with Gasteiger partial charge in [-0.15, -0.1) is 35.3 Å². The molecule has 0 bridgehead atoms. The lowest BCUT2D eigenvalue weighted by molar-refractivity contribution is -0.0265. The van der Waals surface area contributed by atoms with Crippen molar-refractivity contribution in [1.82, 2.24) is 15.6 Å². The zero-order chi connectivity index (χ0) is 19.1. The Morgan fingerprint density at radius 1 is 1.25 bits per heavy atom. The Kier molecular flexibility index (Phi) is 9.67. The molecule has 154 valence electrons.